The number of benzene rings is 2. The minimum atomic E-state index is 0.132. The third-order valence-corrected chi connectivity index (χ3v) is 4.09. The van der Waals surface area contributed by atoms with Crippen LogP contribution in [0, 0.1) is 25.2 Å². The molecule has 0 saturated carbocycles. The van der Waals surface area contributed by atoms with E-state index in [4.69, 9.17) is 17.5 Å². The van der Waals surface area contributed by atoms with Gasteiger partial charge in [0.05, 0.1) is 18.5 Å². The number of hydrogen-bond donors (Lipinski definition) is 2. The minimum Gasteiger partial charge on any atom is -0.356 e. The molecule has 0 aliphatic heterocycles. The van der Waals surface area contributed by atoms with E-state index in [2.05, 4.69) is 55.7 Å². The van der Waals surface area contributed by atoms with E-state index in [1.807, 2.05) is 24.3 Å². The lowest BCUT2D eigenvalue weighted by molar-refractivity contribution is 0.721. The van der Waals surface area contributed by atoms with Gasteiger partial charge >= 0.3 is 0 Å². The van der Waals surface area contributed by atoms with Crippen molar-refractivity contribution in [2.45, 2.75) is 33.2 Å². The van der Waals surface area contributed by atoms with Crippen LogP contribution in [0.1, 0.15) is 35.2 Å². The lowest BCUT2D eigenvalue weighted by Crippen LogP contribution is -2.30. The zero-order valence-corrected chi connectivity index (χ0v) is 14.5. The van der Waals surface area contributed by atoms with Gasteiger partial charge in [-0.3, -0.25) is 0 Å². The summed E-state index contributed by atoms with van der Waals surface area (Å²) in [7, 11) is 0. The maximum atomic E-state index is 8.68. The molecule has 0 unspecified atom stereocenters. The molecule has 0 aromatic heterocycles. The minimum absolute atomic E-state index is 0.132. The van der Waals surface area contributed by atoms with Gasteiger partial charge in [0.2, 0.25) is 0 Å². The fraction of sp³-hybridized carbons (Fsp3) is 0.263. The molecule has 0 spiro atoms. The van der Waals surface area contributed by atoms with Gasteiger partial charge in [0.25, 0.3) is 0 Å². The van der Waals surface area contributed by atoms with Crippen molar-refractivity contribution in [3.8, 4) is 6.07 Å². The Morgan fingerprint density at radius 2 is 1.83 bits per heavy atom. The van der Waals surface area contributed by atoms with E-state index in [0.29, 0.717) is 11.5 Å². The van der Waals surface area contributed by atoms with Crippen molar-refractivity contribution in [2.75, 3.05) is 5.32 Å². The van der Waals surface area contributed by atoms with Crippen LogP contribution in [0.25, 0.3) is 0 Å². The predicted octanol–water partition coefficient (Wildman–Crippen LogP) is 4.42. The molecule has 0 heterocycles. The van der Waals surface area contributed by atoms with E-state index >= 15 is 0 Å². The molecule has 3 nitrogen and oxygen atoms in total. The maximum Gasteiger partial charge on any atom is 0.171 e. The molecule has 1 atom stereocenters. The number of nitriles is 1. The number of rotatable bonds is 4. The first-order chi connectivity index (χ1) is 11.0. The second kappa shape index (κ2) is 7.75. The topological polar surface area (TPSA) is 47.8 Å². The third-order valence-electron chi connectivity index (χ3n) is 3.87. The van der Waals surface area contributed by atoms with Crippen LogP contribution in [0.5, 0.6) is 0 Å². The second-order valence-electron chi connectivity index (χ2n) is 5.70. The fourth-order valence-electron chi connectivity index (χ4n) is 2.28. The highest BCUT2D eigenvalue weighted by molar-refractivity contribution is 7.80. The lowest BCUT2D eigenvalue weighted by atomic mass is 10.0. The Morgan fingerprint density at radius 3 is 2.43 bits per heavy atom. The molecule has 0 bridgehead atoms. The Bertz CT molecular complexity index is 729. The third kappa shape index (κ3) is 4.80. The molecule has 0 fully saturated rings. The Hall–Kier alpha value is -2.38. The standard InChI is InChI=1S/C19H21N3S/c1-13-4-7-17(12-14(13)2)15(3)21-19(23)22-18-8-5-16(6-9-18)10-11-20/h4-9,12,15H,10H2,1-3H3,(H2,21,22,23)/t15-/m0/s1. The number of nitrogens with one attached hydrogen (secondary N) is 2. The number of anilines is 1. The van der Waals surface area contributed by atoms with Crippen molar-refractivity contribution in [3.05, 3.63) is 64.7 Å². The fourth-order valence-corrected chi connectivity index (χ4v) is 2.57. The quantitative estimate of drug-likeness (QED) is 0.818. The first kappa shape index (κ1) is 17.0. The van der Waals surface area contributed by atoms with E-state index in [1.54, 1.807) is 0 Å². The van der Waals surface area contributed by atoms with Gasteiger partial charge < -0.3 is 10.6 Å². The Balaban J connectivity index is 1.95. The van der Waals surface area contributed by atoms with Crippen LogP contribution < -0.4 is 10.6 Å². The zero-order chi connectivity index (χ0) is 16.8. The molecule has 0 amide bonds. The number of hydrogen-bond acceptors (Lipinski definition) is 2. The first-order valence-electron chi connectivity index (χ1n) is 7.60. The number of aryl methyl sites for hydroxylation is 2. The predicted molar refractivity (Wildman–Crippen MR) is 99.4 cm³/mol. The van der Waals surface area contributed by atoms with Crippen LogP contribution in [-0.2, 0) is 6.42 Å². The zero-order valence-electron chi connectivity index (χ0n) is 13.7. The van der Waals surface area contributed by atoms with Gasteiger partial charge in [-0.15, -0.1) is 0 Å². The molecule has 4 heteroatoms. The molecule has 0 aliphatic carbocycles. The lowest BCUT2D eigenvalue weighted by Gasteiger charge is -2.18. The Morgan fingerprint density at radius 1 is 1.13 bits per heavy atom. The number of nitrogens with zero attached hydrogens (tertiary/aromatic N) is 1. The summed E-state index contributed by atoms with van der Waals surface area (Å²) in [4.78, 5) is 0. The van der Waals surface area contributed by atoms with E-state index in [9.17, 15) is 0 Å². The summed E-state index contributed by atoms with van der Waals surface area (Å²) in [5.41, 5.74) is 5.70. The first-order valence-corrected chi connectivity index (χ1v) is 8.01. The molecule has 23 heavy (non-hydrogen) atoms. The molecule has 2 aromatic carbocycles. The van der Waals surface area contributed by atoms with E-state index in [0.717, 1.165) is 11.3 Å². The average Bonchev–Trinajstić information content (AvgIpc) is 2.52. The van der Waals surface area contributed by atoms with Crippen LogP contribution in [0.15, 0.2) is 42.5 Å². The van der Waals surface area contributed by atoms with Crippen molar-refractivity contribution in [1.29, 1.82) is 5.26 Å². The summed E-state index contributed by atoms with van der Waals surface area (Å²) in [6.45, 7) is 6.32. The van der Waals surface area contributed by atoms with Crippen molar-refractivity contribution < 1.29 is 0 Å². The molecular formula is C19H21N3S. The highest BCUT2D eigenvalue weighted by Gasteiger charge is 2.08. The Kier molecular flexibility index (Phi) is 5.72. The van der Waals surface area contributed by atoms with Crippen molar-refractivity contribution >= 4 is 23.0 Å². The highest BCUT2D eigenvalue weighted by atomic mass is 32.1. The summed E-state index contributed by atoms with van der Waals surface area (Å²) in [6.07, 6.45) is 0.423. The van der Waals surface area contributed by atoms with Crippen LogP contribution in [0.2, 0.25) is 0 Å². The van der Waals surface area contributed by atoms with E-state index < -0.39 is 0 Å². The monoisotopic (exact) mass is 323 g/mol. The second-order valence-corrected chi connectivity index (χ2v) is 6.10. The molecule has 2 N–H and O–H groups in total. The van der Waals surface area contributed by atoms with E-state index in [1.165, 1.54) is 16.7 Å². The molecule has 0 saturated heterocycles. The largest absolute Gasteiger partial charge is 0.356 e. The Labute approximate surface area is 143 Å². The molecule has 2 aromatic rings. The van der Waals surface area contributed by atoms with Gasteiger partial charge in [-0.1, -0.05) is 30.3 Å². The van der Waals surface area contributed by atoms with Gasteiger partial charge in [0.1, 0.15) is 0 Å². The molecule has 0 radical (unpaired) electrons. The SMILES string of the molecule is Cc1ccc([C@H](C)NC(=S)Nc2ccc(CC#N)cc2)cc1C. The van der Waals surface area contributed by atoms with Gasteiger partial charge in [0, 0.05) is 5.69 Å². The van der Waals surface area contributed by atoms with E-state index in [-0.39, 0.29) is 6.04 Å². The number of thiocarbonyl (C=S) groups is 1. The van der Waals surface area contributed by atoms with Crippen molar-refractivity contribution in [3.63, 3.8) is 0 Å². The molecular weight excluding hydrogens is 302 g/mol. The normalized spacial score (nSPS) is 11.4. The average molecular weight is 323 g/mol. The highest BCUT2D eigenvalue weighted by Crippen LogP contribution is 2.17. The molecule has 2 rings (SSSR count). The smallest absolute Gasteiger partial charge is 0.171 e. The van der Waals surface area contributed by atoms with Crippen LogP contribution >= 0.6 is 12.2 Å². The van der Waals surface area contributed by atoms with Crippen LogP contribution in [0.3, 0.4) is 0 Å². The van der Waals surface area contributed by atoms with Gasteiger partial charge in [-0.05, 0) is 67.4 Å². The molecule has 118 valence electrons. The van der Waals surface area contributed by atoms with Gasteiger partial charge in [-0.2, -0.15) is 5.26 Å². The van der Waals surface area contributed by atoms with Crippen LogP contribution in [-0.4, -0.2) is 5.11 Å². The summed E-state index contributed by atoms with van der Waals surface area (Å²) < 4.78 is 0. The summed E-state index contributed by atoms with van der Waals surface area (Å²) >= 11 is 5.38. The van der Waals surface area contributed by atoms with Gasteiger partial charge in [0.15, 0.2) is 5.11 Å². The summed E-state index contributed by atoms with van der Waals surface area (Å²) in [6, 6.07) is 16.4. The van der Waals surface area contributed by atoms with Crippen LogP contribution in [0.4, 0.5) is 5.69 Å². The van der Waals surface area contributed by atoms with Crippen molar-refractivity contribution in [1.82, 2.24) is 5.32 Å². The summed E-state index contributed by atoms with van der Waals surface area (Å²) in [5.74, 6) is 0. The maximum absolute atomic E-state index is 8.68. The molecule has 0 aliphatic rings. The van der Waals surface area contributed by atoms with Gasteiger partial charge in [-0.25, -0.2) is 0 Å². The summed E-state index contributed by atoms with van der Waals surface area (Å²) in [5, 5.41) is 15.7. The van der Waals surface area contributed by atoms with Crippen molar-refractivity contribution in [2.24, 2.45) is 0 Å².